The zero-order valence-corrected chi connectivity index (χ0v) is 19.8. The highest BCUT2D eigenvalue weighted by atomic mass is 16.5. The van der Waals surface area contributed by atoms with Crippen LogP contribution in [-0.4, -0.2) is 37.7 Å². The van der Waals surface area contributed by atoms with Crippen molar-refractivity contribution < 1.29 is 18.7 Å². The van der Waals surface area contributed by atoms with Gasteiger partial charge in [-0.3, -0.25) is 9.59 Å². The smallest absolute Gasteiger partial charge is 0.290 e. The van der Waals surface area contributed by atoms with Gasteiger partial charge in [-0.2, -0.15) is 0 Å². The Labute approximate surface area is 194 Å². The maximum atomic E-state index is 13.7. The highest BCUT2D eigenvalue weighted by molar-refractivity contribution is 5.99. The third-order valence-corrected chi connectivity index (χ3v) is 6.16. The van der Waals surface area contributed by atoms with Crippen LogP contribution in [-0.2, 0) is 4.74 Å². The molecule has 0 bridgehead atoms. The molecule has 1 unspecified atom stereocenters. The lowest BCUT2D eigenvalue weighted by atomic mass is 9.97. The van der Waals surface area contributed by atoms with E-state index in [4.69, 9.17) is 13.9 Å². The number of carbonyl (C=O) groups excluding carboxylic acids is 1. The van der Waals surface area contributed by atoms with Crippen molar-refractivity contribution in [2.75, 3.05) is 26.9 Å². The van der Waals surface area contributed by atoms with Gasteiger partial charge in [0, 0.05) is 13.7 Å². The molecule has 0 saturated heterocycles. The molecule has 174 valence electrons. The van der Waals surface area contributed by atoms with Crippen LogP contribution in [0.1, 0.15) is 65.0 Å². The predicted octanol–water partition coefficient (Wildman–Crippen LogP) is 5.17. The van der Waals surface area contributed by atoms with Crippen molar-refractivity contribution in [1.82, 2.24) is 4.90 Å². The highest BCUT2D eigenvalue weighted by Crippen LogP contribution is 2.38. The molecule has 6 heteroatoms. The van der Waals surface area contributed by atoms with Gasteiger partial charge in [0.1, 0.15) is 11.3 Å². The summed E-state index contributed by atoms with van der Waals surface area (Å²) in [6.45, 7) is 7.40. The Kier molecular flexibility index (Phi) is 6.84. The number of benzene rings is 2. The van der Waals surface area contributed by atoms with E-state index in [0.29, 0.717) is 36.3 Å². The van der Waals surface area contributed by atoms with Crippen LogP contribution >= 0.6 is 0 Å². The summed E-state index contributed by atoms with van der Waals surface area (Å²) in [5.74, 6) is 0.614. The predicted molar refractivity (Wildman–Crippen MR) is 128 cm³/mol. The van der Waals surface area contributed by atoms with E-state index >= 15 is 0 Å². The molecule has 2 aromatic carbocycles. The average molecular weight is 450 g/mol. The first-order valence-corrected chi connectivity index (χ1v) is 11.6. The van der Waals surface area contributed by atoms with E-state index in [1.54, 1.807) is 12.0 Å². The number of ether oxygens (including phenoxy) is 2. The highest BCUT2D eigenvalue weighted by Gasteiger charge is 2.42. The van der Waals surface area contributed by atoms with Gasteiger partial charge in [-0.25, -0.2) is 0 Å². The van der Waals surface area contributed by atoms with Crippen LogP contribution in [0.4, 0.5) is 0 Å². The second kappa shape index (κ2) is 9.79. The van der Waals surface area contributed by atoms with Gasteiger partial charge in [0.25, 0.3) is 5.91 Å². The molecule has 0 radical (unpaired) electrons. The van der Waals surface area contributed by atoms with Gasteiger partial charge in [-0.05, 0) is 55.2 Å². The molecular weight excluding hydrogens is 418 g/mol. The second-order valence-electron chi connectivity index (χ2n) is 8.65. The molecule has 6 nitrogen and oxygen atoms in total. The van der Waals surface area contributed by atoms with Gasteiger partial charge in [0.2, 0.25) is 5.76 Å². The summed E-state index contributed by atoms with van der Waals surface area (Å²) >= 11 is 0. The van der Waals surface area contributed by atoms with E-state index in [9.17, 15) is 9.59 Å². The minimum atomic E-state index is -0.529. The topological polar surface area (TPSA) is 69.0 Å². The molecule has 3 aromatic rings. The molecule has 0 saturated carbocycles. The van der Waals surface area contributed by atoms with Gasteiger partial charge in [0.05, 0.1) is 30.2 Å². The Balaban J connectivity index is 1.77. The van der Waals surface area contributed by atoms with E-state index in [2.05, 4.69) is 6.92 Å². The molecule has 1 aromatic heterocycles. The number of fused-ring (bicyclic) bond motifs is 2. The summed E-state index contributed by atoms with van der Waals surface area (Å²) in [5, 5.41) is 0.529. The molecule has 1 aliphatic heterocycles. The van der Waals surface area contributed by atoms with Crippen molar-refractivity contribution >= 4 is 16.9 Å². The van der Waals surface area contributed by atoms with Crippen LogP contribution in [0.5, 0.6) is 5.75 Å². The lowest BCUT2D eigenvalue weighted by Gasteiger charge is -2.25. The minimum Gasteiger partial charge on any atom is -0.494 e. The molecule has 1 aliphatic rings. The fourth-order valence-corrected chi connectivity index (χ4v) is 4.57. The lowest BCUT2D eigenvalue weighted by Crippen LogP contribution is -2.32. The van der Waals surface area contributed by atoms with Crippen molar-refractivity contribution in [2.45, 2.75) is 46.1 Å². The Hall–Kier alpha value is -3.12. The summed E-state index contributed by atoms with van der Waals surface area (Å²) in [5.41, 5.74) is 3.37. The van der Waals surface area contributed by atoms with Crippen molar-refractivity contribution in [3.63, 3.8) is 0 Å². The number of nitrogens with zero attached hydrogens (tertiary/aromatic N) is 1. The first-order valence-electron chi connectivity index (χ1n) is 11.6. The van der Waals surface area contributed by atoms with Crippen LogP contribution in [0.3, 0.4) is 0 Å². The Morgan fingerprint density at radius 1 is 1.03 bits per heavy atom. The standard InChI is InChI=1S/C27H31NO5/c1-5-6-7-13-32-20-10-8-19(9-11-20)24-23-25(29)22-18(3)15-17(2)16-21(22)33-26(23)27(30)28(24)12-14-31-4/h8-11,15-16,24H,5-7,12-14H2,1-4H3. The Morgan fingerprint density at radius 3 is 2.48 bits per heavy atom. The fraction of sp³-hybridized carbons (Fsp3) is 0.407. The van der Waals surface area contributed by atoms with Crippen molar-refractivity contribution in [2.24, 2.45) is 0 Å². The number of unbranched alkanes of at least 4 members (excludes halogenated alkanes) is 2. The SMILES string of the molecule is CCCCCOc1ccc(C2c3c(oc4cc(C)cc(C)c4c3=O)C(=O)N2CCOC)cc1. The maximum absolute atomic E-state index is 13.7. The molecule has 0 fully saturated rings. The summed E-state index contributed by atoms with van der Waals surface area (Å²) in [6.07, 6.45) is 3.29. The van der Waals surface area contributed by atoms with Crippen LogP contribution in [0.2, 0.25) is 0 Å². The number of hydrogen-bond acceptors (Lipinski definition) is 5. The molecular formula is C27H31NO5. The zero-order valence-electron chi connectivity index (χ0n) is 19.8. The van der Waals surface area contributed by atoms with E-state index in [-0.39, 0.29) is 17.1 Å². The molecule has 0 aliphatic carbocycles. The van der Waals surface area contributed by atoms with Crippen LogP contribution in [0, 0.1) is 13.8 Å². The first kappa shape index (κ1) is 23.1. The zero-order chi connectivity index (χ0) is 23.5. The first-order chi connectivity index (χ1) is 16.0. The van der Waals surface area contributed by atoms with E-state index < -0.39 is 6.04 Å². The number of aryl methyl sites for hydroxylation is 2. The number of hydrogen-bond donors (Lipinski definition) is 0. The normalized spacial score (nSPS) is 15.3. The summed E-state index contributed by atoms with van der Waals surface area (Å²) in [4.78, 5) is 28.7. The average Bonchev–Trinajstić information content (AvgIpc) is 3.07. The van der Waals surface area contributed by atoms with Gasteiger partial charge in [0.15, 0.2) is 5.43 Å². The van der Waals surface area contributed by atoms with Crippen molar-refractivity contribution in [1.29, 1.82) is 0 Å². The van der Waals surface area contributed by atoms with Crippen LogP contribution in [0.15, 0.2) is 45.6 Å². The third kappa shape index (κ3) is 4.40. The van der Waals surface area contributed by atoms with E-state index in [1.807, 2.05) is 50.2 Å². The van der Waals surface area contributed by atoms with Crippen molar-refractivity contribution in [3.05, 3.63) is 74.6 Å². The number of amides is 1. The van der Waals surface area contributed by atoms with Gasteiger partial charge in [-0.1, -0.05) is 38.0 Å². The van der Waals surface area contributed by atoms with Crippen LogP contribution < -0.4 is 10.2 Å². The van der Waals surface area contributed by atoms with Gasteiger partial charge >= 0.3 is 0 Å². The summed E-state index contributed by atoms with van der Waals surface area (Å²) in [7, 11) is 1.59. The maximum Gasteiger partial charge on any atom is 0.290 e. The van der Waals surface area contributed by atoms with E-state index in [1.165, 1.54) is 0 Å². The van der Waals surface area contributed by atoms with E-state index in [0.717, 1.165) is 41.7 Å². The monoisotopic (exact) mass is 449 g/mol. The Morgan fingerprint density at radius 2 is 1.79 bits per heavy atom. The molecule has 0 N–H and O–H groups in total. The molecule has 0 spiro atoms. The molecule has 2 heterocycles. The molecule has 1 atom stereocenters. The Bertz CT molecular complexity index is 1210. The van der Waals surface area contributed by atoms with Gasteiger partial charge < -0.3 is 18.8 Å². The van der Waals surface area contributed by atoms with Crippen molar-refractivity contribution in [3.8, 4) is 5.75 Å². The molecule has 33 heavy (non-hydrogen) atoms. The minimum absolute atomic E-state index is 0.124. The summed E-state index contributed by atoms with van der Waals surface area (Å²) in [6, 6.07) is 10.9. The van der Waals surface area contributed by atoms with Gasteiger partial charge in [-0.15, -0.1) is 0 Å². The molecule has 1 amide bonds. The quantitative estimate of drug-likeness (QED) is 0.422. The third-order valence-electron chi connectivity index (χ3n) is 6.16. The molecule has 4 rings (SSSR count). The number of carbonyl (C=O) groups is 1. The second-order valence-corrected chi connectivity index (χ2v) is 8.65. The lowest BCUT2D eigenvalue weighted by molar-refractivity contribution is 0.0663. The number of methoxy groups -OCH3 is 1. The summed E-state index contributed by atoms with van der Waals surface area (Å²) < 4.78 is 17.1. The largest absolute Gasteiger partial charge is 0.494 e. The number of rotatable bonds is 9. The fourth-order valence-electron chi connectivity index (χ4n) is 4.57. The van der Waals surface area contributed by atoms with Crippen LogP contribution in [0.25, 0.3) is 11.0 Å².